The zero-order valence-electron chi connectivity index (χ0n) is 53.5. The van der Waals surface area contributed by atoms with E-state index in [-0.39, 0.29) is 79.3 Å². The Morgan fingerprint density at radius 1 is 0.612 bits per heavy atom. The molecule has 21 nitrogen and oxygen atoms in total. The second-order valence-electron chi connectivity index (χ2n) is 27.6. The maximum atomic E-state index is 14.4. The van der Waals surface area contributed by atoms with Crippen molar-refractivity contribution in [2.75, 3.05) is 33.7 Å². The first-order chi connectivity index (χ1) is 39.6. The average molecular weight is 1190 g/mol. The van der Waals surface area contributed by atoms with Crippen molar-refractivity contribution in [2.24, 2.45) is 23.7 Å². The highest BCUT2D eigenvalue weighted by Crippen LogP contribution is 2.33. The van der Waals surface area contributed by atoms with Crippen molar-refractivity contribution < 1.29 is 52.3 Å². The van der Waals surface area contributed by atoms with E-state index >= 15 is 0 Å². The van der Waals surface area contributed by atoms with E-state index in [9.17, 15) is 52.3 Å². The molecule has 0 spiro atoms. The number of carbonyl (C=O) groups is 10. The third kappa shape index (κ3) is 23.2. The third-order valence-electron chi connectivity index (χ3n) is 16.2. The topological polar surface area (TPSA) is 285 Å². The normalized spacial score (nSPS) is 17.9. The summed E-state index contributed by atoms with van der Waals surface area (Å²) in [6, 6.07) is -0.266. The van der Waals surface area contributed by atoms with Crippen LogP contribution in [0.5, 0.6) is 0 Å². The van der Waals surface area contributed by atoms with Crippen LogP contribution < -0.4 is 47.9 Å². The molecule has 2 saturated carbocycles. The lowest BCUT2D eigenvalue weighted by Gasteiger charge is -2.44. The summed E-state index contributed by atoms with van der Waals surface area (Å²) in [5.74, 6) is -5.81. The Kier molecular flexibility index (Phi) is 26.8. The summed E-state index contributed by atoms with van der Waals surface area (Å²) in [6.45, 7) is 21.7. The SMILES string of the molecule is CC(C)C[C@H](NC(=O)[C@H](CCC1CCCCC1)NC(=O)[C@@H]1CCCN1C(=O)c1ccc(F)cc1)C(=O)NC(C)(C)C(=O)N[C@@H](CC(C)C)C(=O)N[C@@H](CC(C)C)C(=O)NC(C)(C)C(=O)NC(C)(C)CC(=O)NCCC(=O)NC1(CN(C)C)CCC1. The highest BCUT2D eigenvalue weighted by molar-refractivity contribution is 6.00. The summed E-state index contributed by atoms with van der Waals surface area (Å²) in [7, 11) is 3.93. The van der Waals surface area contributed by atoms with Crippen molar-refractivity contribution >= 4 is 59.1 Å². The monoisotopic (exact) mass is 1190 g/mol. The van der Waals surface area contributed by atoms with E-state index in [4.69, 9.17) is 0 Å². The Hall–Kier alpha value is -6.19. The van der Waals surface area contributed by atoms with E-state index < -0.39 is 99.9 Å². The van der Waals surface area contributed by atoms with Crippen LogP contribution in [0.1, 0.15) is 203 Å². The lowest BCUT2D eigenvalue weighted by atomic mass is 9.76. The van der Waals surface area contributed by atoms with Crippen molar-refractivity contribution in [3.05, 3.63) is 35.6 Å². The summed E-state index contributed by atoms with van der Waals surface area (Å²) in [4.78, 5) is 142. The van der Waals surface area contributed by atoms with Gasteiger partial charge in [-0.1, -0.05) is 73.6 Å². The zero-order valence-corrected chi connectivity index (χ0v) is 53.5. The van der Waals surface area contributed by atoms with Gasteiger partial charge in [0.25, 0.3) is 5.91 Å². The highest BCUT2D eigenvalue weighted by atomic mass is 19.1. The summed E-state index contributed by atoms with van der Waals surface area (Å²) < 4.78 is 13.7. The Morgan fingerprint density at radius 3 is 1.64 bits per heavy atom. The Balaban J connectivity index is 1.40. The molecule has 2 aliphatic carbocycles. The van der Waals surface area contributed by atoms with Crippen LogP contribution >= 0.6 is 0 Å². The lowest BCUT2D eigenvalue weighted by Crippen LogP contribution is -2.64. The van der Waals surface area contributed by atoms with Crippen LogP contribution in [0.4, 0.5) is 4.39 Å². The van der Waals surface area contributed by atoms with Gasteiger partial charge in [0.15, 0.2) is 0 Å². The number of hydrogen-bond acceptors (Lipinski definition) is 11. The Morgan fingerprint density at radius 2 is 1.13 bits per heavy atom. The first kappa shape index (κ1) is 71.3. The molecule has 4 rings (SSSR count). The average Bonchev–Trinajstić information content (AvgIpc) is 4.11. The fourth-order valence-electron chi connectivity index (χ4n) is 11.5. The molecular formula is C63H104FN11O10. The zero-order chi connectivity index (χ0) is 63.6. The van der Waals surface area contributed by atoms with Crippen LogP contribution in [-0.4, -0.2) is 155 Å². The number of rotatable bonds is 32. The number of likely N-dealkylation sites (N-methyl/N-ethyl adjacent to an activating group) is 1. The molecule has 0 radical (unpaired) electrons. The van der Waals surface area contributed by atoms with Gasteiger partial charge in [0, 0.05) is 43.6 Å². The molecule has 22 heteroatoms. The van der Waals surface area contributed by atoms with Gasteiger partial charge in [0.05, 0.1) is 5.54 Å². The molecule has 1 heterocycles. The third-order valence-corrected chi connectivity index (χ3v) is 16.2. The standard InChI is InChI=1S/C63H104FN11O10/c1-39(2)34-46(53(79)68-48(36-41(5)6)55(81)72-62(11,12)59(85)73-60(7,8)37-51(77)65-32-29-50(76)70-63(30-19-31-63)38-74(13)14)69-58(84)61(9,10)71-54(80)47(35-40(3)4)67-52(78)45(28-23-42-20-16-15-17-21-42)66-56(82)49-22-18-33-75(49)57(83)43-24-26-44(64)27-25-43/h24-27,39-42,45-49H,15-23,28-38H2,1-14H3,(H,65,77)(H,66,82)(H,67,78)(H,68,79)(H,69,84)(H,70,76)(H,71,80)(H,72,81)(H,73,85)/t45-,46-,47-,48-,49-/m0/s1. The van der Waals surface area contributed by atoms with Gasteiger partial charge in [0.1, 0.15) is 47.1 Å². The number of amides is 10. The van der Waals surface area contributed by atoms with Crippen LogP contribution in [-0.2, 0) is 43.2 Å². The second kappa shape index (κ2) is 32.0. The van der Waals surface area contributed by atoms with Gasteiger partial charge >= 0.3 is 0 Å². The van der Waals surface area contributed by atoms with Gasteiger partial charge in [-0.05, 0) is 168 Å². The summed E-state index contributed by atoms with van der Waals surface area (Å²) in [5, 5.41) is 25.8. The van der Waals surface area contributed by atoms with E-state index in [0.717, 1.165) is 57.9 Å². The van der Waals surface area contributed by atoms with Crippen molar-refractivity contribution in [1.29, 1.82) is 0 Å². The maximum Gasteiger partial charge on any atom is 0.254 e. The Labute approximate surface area is 504 Å². The number of hydrogen-bond donors (Lipinski definition) is 9. The van der Waals surface area contributed by atoms with Gasteiger partial charge in [0.2, 0.25) is 53.2 Å². The number of carbonyl (C=O) groups excluding carboxylic acids is 10. The number of likely N-dealkylation sites (tertiary alicyclic amines) is 1. The molecule has 85 heavy (non-hydrogen) atoms. The van der Waals surface area contributed by atoms with E-state index in [0.29, 0.717) is 38.1 Å². The summed E-state index contributed by atoms with van der Waals surface area (Å²) in [6.07, 6.45) is 10.5. The molecule has 5 atom stereocenters. The minimum Gasteiger partial charge on any atom is -0.356 e. The van der Waals surface area contributed by atoms with Crippen LogP contribution in [0.3, 0.4) is 0 Å². The largest absolute Gasteiger partial charge is 0.356 e. The summed E-state index contributed by atoms with van der Waals surface area (Å²) >= 11 is 0. The number of nitrogens with zero attached hydrogens (tertiary/aromatic N) is 2. The highest BCUT2D eigenvalue weighted by Gasteiger charge is 2.42. The summed E-state index contributed by atoms with van der Waals surface area (Å²) in [5.41, 5.74) is -4.24. The minimum atomic E-state index is -1.65. The van der Waals surface area contributed by atoms with Crippen LogP contribution in [0.15, 0.2) is 24.3 Å². The fraction of sp³-hybridized carbons (Fsp3) is 0.746. The molecule has 1 aliphatic heterocycles. The molecule has 478 valence electrons. The molecule has 10 amide bonds. The van der Waals surface area contributed by atoms with Gasteiger partial charge < -0.3 is 57.7 Å². The quantitative estimate of drug-likeness (QED) is 0.0460. The molecule has 9 N–H and O–H groups in total. The van der Waals surface area contributed by atoms with Gasteiger partial charge in [-0.25, -0.2) is 4.39 Å². The van der Waals surface area contributed by atoms with E-state index in [2.05, 4.69) is 47.9 Å². The molecule has 3 fully saturated rings. The van der Waals surface area contributed by atoms with Crippen molar-refractivity contribution in [1.82, 2.24) is 57.7 Å². The molecule has 1 aromatic carbocycles. The molecule has 1 saturated heterocycles. The molecule has 0 bridgehead atoms. The van der Waals surface area contributed by atoms with Crippen molar-refractivity contribution in [2.45, 2.75) is 245 Å². The predicted molar refractivity (Wildman–Crippen MR) is 325 cm³/mol. The van der Waals surface area contributed by atoms with Crippen LogP contribution in [0.2, 0.25) is 0 Å². The smallest absolute Gasteiger partial charge is 0.254 e. The van der Waals surface area contributed by atoms with Gasteiger partial charge in [-0.3, -0.25) is 47.9 Å². The van der Waals surface area contributed by atoms with E-state index in [1.807, 2.05) is 60.5 Å². The molecule has 0 aromatic heterocycles. The van der Waals surface area contributed by atoms with E-state index in [1.165, 1.54) is 56.9 Å². The Bertz CT molecular complexity index is 2470. The van der Waals surface area contributed by atoms with Crippen molar-refractivity contribution in [3.63, 3.8) is 0 Å². The molecular weight excluding hydrogens is 1090 g/mol. The lowest BCUT2D eigenvalue weighted by molar-refractivity contribution is -0.138. The predicted octanol–water partition coefficient (Wildman–Crippen LogP) is 5.05. The molecule has 0 unspecified atom stereocenters. The second-order valence-corrected chi connectivity index (χ2v) is 27.6. The van der Waals surface area contributed by atoms with Gasteiger partial charge in [-0.2, -0.15) is 0 Å². The number of benzene rings is 1. The van der Waals surface area contributed by atoms with E-state index in [1.54, 1.807) is 13.8 Å². The minimum absolute atomic E-state index is 0.104. The van der Waals surface area contributed by atoms with Gasteiger partial charge in [-0.15, -0.1) is 0 Å². The van der Waals surface area contributed by atoms with Crippen molar-refractivity contribution in [3.8, 4) is 0 Å². The first-order valence-corrected chi connectivity index (χ1v) is 31.1. The molecule has 1 aromatic rings. The maximum absolute atomic E-state index is 14.4. The molecule has 3 aliphatic rings. The van der Waals surface area contributed by atoms with Crippen LogP contribution in [0, 0.1) is 29.5 Å². The first-order valence-electron chi connectivity index (χ1n) is 31.1. The fourth-order valence-corrected chi connectivity index (χ4v) is 11.5. The number of nitrogens with one attached hydrogen (secondary N) is 9. The van der Waals surface area contributed by atoms with Crippen LogP contribution in [0.25, 0.3) is 0 Å². The number of halogens is 1.